The molecule has 1 aromatic carbocycles. The van der Waals surface area contributed by atoms with Gasteiger partial charge in [-0.15, -0.1) is 0 Å². The van der Waals surface area contributed by atoms with Crippen molar-refractivity contribution in [1.82, 2.24) is 4.98 Å². The number of rotatable bonds is 0. The minimum atomic E-state index is -0.372. The molecule has 0 saturated carbocycles. The van der Waals surface area contributed by atoms with Gasteiger partial charge in [-0.2, -0.15) is 0 Å². The number of aromatic nitrogens is 1. The number of halogens is 2. The van der Waals surface area contributed by atoms with E-state index in [0.29, 0.717) is 0 Å². The second kappa shape index (κ2) is 2.49. The van der Waals surface area contributed by atoms with Crippen molar-refractivity contribution in [2.24, 2.45) is 0 Å². The van der Waals surface area contributed by atoms with Gasteiger partial charge in [-0.1, -0.05) is 11.6 Å². The first-order valence-electron chi connectivity index (χ1n) is 3.62. The number of aryl methyl sites for hydroxylation is 1. The molecule has 2 aromatic rings. The van der Waals surface area contributed by atoms with Crippen molar-refractivity contribution < 1.29 is 4.39 Å². The standard InChI is InChI=1S/C9H7ClFN/c1-5-4-6-8(12-5)3-2-7(11)9(6)10/h2-4,12H,1H3. The Morgan fingerprint density at radius 3 is 2.92 bits per heavy atom. The van der Waals surface area contributed by atoms with Crippen LogP contribution in [-0.2, 0) is 0 Å². The van der Waals surface area contributed by atoms with E-state index in [2.05, 4.69) is 4.98 Å². The first kappa shape index (κ1) is 7.62. The summed E-state index contributed by atoms with van der Waals surface area (Å²) in [7, 11) is 0. The lowest BCUT2D eigenvalue weighted by atomic mass is 10.2. The summed E-state index contributed by atoms with van der Waals surface area (Å²) in [6.45, 7) is 1.91. The van der Waals surface area contributed by atoms with Crippen molar-refractivity contribution in [3.8, 4) is 0 Å². The average molecular weight is 184 g/mol. The van der Waals surface area contributed by atoms with Gasteiger partial charge >= 0.3 is 0 Å². The number of H-pyrrole nitrogens is 1. The van der Waals surface area contributed by atoms with Gasteiger partial charge in [0.05, 0.1) is 5.02 Å². The number of hydrogen-bond donors (Lipinski definition) is 1. The first-order valence-corrected chi connectivity index (χ1v) is 3.99. The topological polar surface area (TPSA) is 15.8 Å². The third kappa shape index (κ3) is 0.994. The van der Waals surface area contributed by atoms with Gasteiger partial charge in [0.25, 0.3) is 0 Å². The molecule has 0 spiro atoms. The lowest BCUT2D eigenvalue weighted by Gasteiger charge is -1.94. The van der Waals surface area contributed by atoms with E-state index in [0.717, 1.165) is 16.6 Å². The fourth-order valence-corrected chi connectivity index (χ4v) is 1.50. The van der Waals surface area contributed by atoms with Gasteiger partial charge < -0.3 is 4.98 Å². The maximum absolute atomic E-state index is 12.9. The zero-order valence-electron chi connectivity index (χ0n) is 6.49. The maximum atomic E-state index is 12.9. The van der Waals surface area contributed by atoms with Gasteiger partial charge in [0.1, 0.15) is 5.82 Å². The van der Waals surface area contributed by atoms with Gasteiger partial charge in [0.2, 0.25) is 0 Å². The molecule has 2 rings (SSSR count). The van der Waals surface area contributed by atoms with Crippen molar-refractivity contribution in [1.29, 1.82) is 0 Å². The Hall–Kier alpha value is -1.02. The number of benzene rings is 1. The third-order valence-electron chi connectivity index (χ3n) is 1.83. The van der Waals surface area contributed by atoms with Crippen LogP contribution in [0.5, 0.6) is 0 Å². The predicted molar refractivity (Wildman–Crippen MR) is 48.0 cm³/mol. The van der Waals surface area contributed by atoms with Gasteiger partial charge in [-0.3, -0.25) is 0 Å². The molecule has 0 saturated heterocycles. The molecular formula is C9H7ClFN. The molecular weight excluding hydrogens is 177 g/mol. The van der Waals surface area contributed by atoms with Crippen LogP contribution < -0.4 is 0 Å². The number of aromatic amines is 1. The smallest absolute Gasteiger partial charge is 0.142 e. The Balaban J connectivity index is 2.89. The van der Waals surface area contributed by atoms with Crippen LogP contribution in [0, 0.1) is 12.7 Å². The largest absolute Gasteiger partial charge is 0.359 e. The van der Waals surface area contributed by atoms with Gasteiger partial charge in [-0.05, 0) is 25.1 Å². The van der Waals surface area contributed by atoms with Crippen LogP contribution >= 0.6 is 11.6 Å². The van der Waals surface area contributed by atoms with Crippen molar-refractivity contribution in [3.05, 3.63) is 34.7 Å². The van der Waals surface area contributed by atoms with Crippen molar-refractivity contribution in [2.45, 2.75) is 6.92 Å². The van der Waals surface area contributed by atoms with Gasteiger partial charge in [0.15, 0.2) is 0 Å². The molecule has 0 unspecified atom stereocenters. The van der Waals surface area contributed by atoms with Crippen molar-refractivity contribution >= 4 is 22.5 Å². The zero-order chi connectivity index (χ0) is 8.72. The molecule has 3 heteroatoms. The molecule has 0 bridgehead atoms. The van der Waals surface area contributed by atoms with Gasteiger partial charge in [-0.25, -0.2) is 4.39 Å². The second-order valence-corrected chi connectivity index (χ2v) is 3.15. The Bertz CT molecular complexity index is 433. The molecule has 1 aromatic heterocycles. The number of nitrogens with one attached hydrogen (secondary N) is 1. The van der Waals surface area contributed by atoms with E-state index in [1.54, 1.807) is 6.07 Å². The van der Waals surface area contributed by atoms with Crippen molar-refractivity contribution in [3.63, 3.8) is 0 Å². The Kier molecular flexibility index (Phi) is 1.58. The first-order chi connectivity index (χ1) is 5.68. The quantitative estimate of drug-likeness (QED) is 0.645. The van der Waals surface area contributed by atoms with Crippen LogP contribution in [0.15, 0.2) is 18.2 Å². The van der Waals surface area contributed by atoms with Crippen LogP contribution in [0.2, 0.25) is 5.02 Å². The predicted octanol–water partition coefficient (Wildman–Crippen LogP) is 3.27. The minimum absolute atomic E-state index is 0.192. The van der Waals surface area contributed by atoms with Crippen LogP contribution in [0.4, 0.5) is 4.39 Å². The maximum Gasteiger partial charge on any atom is 0.142 e. The molecule has 62 valence electrons. The van der Waals surface area contributed by atoms with E-state index in [9.17, 15) is 4.39 Å². The fraction of sp³-hybridized carbons (Fsp3) is 0.111. The molecule has 12 heavy (non-hydrogen) atoms. The second-order valence-electron chi connectivity index (χ2n) is 2.77. The number of hydrogen-bond acceptors (Lipinski definition) is 0. The molecule has 0 aliphatic carbocycles. The average Bonchev–Trinajstić information content (AvgIpc) is 2.39. The van der Waals surface area contributed by atoms with Gasteiger partial charge in [0, 0.05) is 16.6 Å². The molecule has 0 aliphatic heterocycles. The minimum Gasteiger partial charge on any atom is -0.359 e. The molecule has 0 amide bonds. The Labute approximate surface area is 74.2 Å². The molecule has 1 nitrogen and oxygen atoms in total. The summed E-state index contributed by atoms with van der Waals surface area (Å²) < 4.78 is 12.9. The van der Waals surface area contributed by atoms with E-state index in [4.69, 9.17) is 11.6 Å². The summed E-state index contributed by atoms with van der Waals surface area (Å²) in [6.07, 6.45) is 0. The summed E-state index contributed by atoms with van der Waals surface area (Å²) >= 11 is 5.74. The fourth-order valence-electron chi connectivity index (χ4n) is 1.28. The van der Waals surface area contributed by atoms with Crippen LogP contribution in [0.1, 0.15) is 5.69 Å². The lowest BCUT2D eigenvalue weighted by molar-refractivity contribution is 0.630. The Morgan fingerprint density at radius 2 is 2.17 bits per heavy atom. The highest BCUT2D eigenvalue weighted by Gasteiger charge is 2.06. The summed E-state index contributed by atoms with van der Waals surface area (Å²) in [5.74, 6) is -0.372. The molecule has 0 aliphatic rings. The summed E-state index contributed by atoms with van der Waals surface area (Å²) in [4.78, 5) is 3.08. The summed E-state index contributed by atoms with van der Waals surface area (Å²) in [6, 6.07) is 4.88. The normalized spacial score (nSPS) is 10.9. The molecule has 0 fully saturated rings. The van der Waals surface area contributed by atoms with Crippen LogP contribution in [0.25, 0.3) is 10.9 Å². The molecule has 1 heterocycles. The SMILES string of the molecule is Cc1cc2c(Cl)c(F)ccc2[nH]1. The third-order valence-corrected chi connectivity index (χ3v) is 2.21. The van der Waals surface area contributed by atoms with Crippen molar-refractivity contribution in [2.75, 3.05) is 0 Å². The van der Waals surface area contributed by atoms with E-state index in [-0.39, 0.29) is 10.8 Å². The highest BCUT2D eigenvalue weighted by Crippen LogP contribution is 2.26. The highest BCUT2D eigenvalue weighted by molar-refractivity contribution is 6.35. The summed E-state index contributed by atoms with van der Waals surface area (Å²) in [5.41, 5.74) is 1.86. The summed E-state index contributed by atoms with van der Waals surface area (Å²) in [5, 5.41) is 0.936. The van der Waals surface area contributed by atoms with E-state index < -0.39 is 0 Å². The van der Waals surface area contributed by atoms with E-state index >= 15 is 0 Å². The highest BCUT2D eigenvalue weighted by atomic mass is 35.5. The monoisotopic (exact) mass is 183 g/mol. The van der Waals surface area contributed by atoms with Crippen LogP contribution in [-0.4, -0.2) is 4.98 Å². The van der Waals surface area contributed by atoms with E-state index in [1.165, 1.54) is 6.07 Å². The van der Waals surface area contributed by atoms with E-state index in [1.807, 2.05) is 13.0 Å². The zero-order valence-corrected chi connectivity index (χ0v) is 7.24. The Morgan fingerprint density at radius 1 is 1.42 bits per heavy atom. The number of fused-ring (bicyclic) bond motifs is 1. The molecule has 1 N–H and O–H groups in total. The van der Waals surface area contributed by atoms with Crippen LogP contribution in [0.3, 0.4) is 0 Å². The lowest BCUT2D eigenvalue weighted by Crippen LogP contribution is -1.76. The molecule has 0 atom stereocenters. The molecule has 0 radical (unpaired) electrons.